The molecule has 1 heterocycles. The van der Waals surface area contributed by atoms with Crippen molar-refractivity contribution in [2.24, 2.45) is 5.73 Å². The van der Waals surface area contributed by atoms with Crippen LogP contribution in [0.4, 0.5) is 14.9 Å². The second-order valence-electron chi connectivity index (χ2n) is 4.38. The molecule has 0 radical (unpaired) electrons. The van der Waals surface area contributed by atoms with Gasteiger partial charge in [-0.3, -0.25) is 0 Å². The fourth-order valence-electron chi connectivity index (χ4n) is 1.89. The van der Waals surface area contributed by atoms with Crippen LogP contribution in [0, 0.1) is 5.82 Å². The summed E-state index contributed by atoms with van der Waals surface area (Å²) >= 11 is 3.17. The summed E-state index contributed by atoms with van der Waals surface area (Å²) in [6.45, 7) is 1.23. The van der Waals surface area contributed by atoms with Crippen molar-refractivity contribution in [1.82, 2.24) is 4.90 Å². The Labute approximate surface area is 126 Å². The van der Waals surface area contributed by atoms with E-state index in [1.54, 1.807) is 11.0 Å². The van der Waals surface area contributed by atoms with Crippen LogP contribution in [0.3, 0.4) is 0 Å². The highest BCUT2D eigenvalue weighted by Crippen LogP contribution is 2.20. The average Bonchev–Trinajstić information content (AvgIpc) is 2.33. The van der Waals surface area contributed by atoms with Gasteiger partial charge in [-0.2, -0.15) is 0 Å². The number of halogens is 3. The van der Waals surface area contributed by atoms with E-state index in [1.807, 2.05) is 0 Å². The molecule has 1 aliphatic rings. The highest BCUT2D eigenvalue weighted by atomic mass is 79.9. The van der Waals surface area contributed by atoms with Crippen LogP contribution < -0.4 is 11.1 Å². The molecule has 0 aromatic heterocycles. The Hall–Kier alpha value is -0.850. The first kappa shape index (κ1) is 16.2. The van der Waals surface area contributed by atoms with Crippen LogP contribution in [0.15, 0.2) is 22.7 Å². The number of amides is 2. The Morgan fingerprint density at radius 3 is 2.63 bits per heavy atom. The van der Waals surface area contributed by atoms with E-state index < -0.39 is 5.82 Å². The van der Waals surface area contributed by atoms with Gasteiger partial charge in [0.25, 0.3) is 0 Å². The van der Waals surface area contributed by atoms with Gasteiger partial charge in [0.15, 0.2) is 0 Å². The van der Waals surface area contributed by atoms with E-state index in [0.717, 1.165) is 12.8 Å². The van der Waals surface area contributed by atoms with E-state index in [-0.39, 0.29) is 30.2 Å². The molecule has 0 saturated carbocycles. The molecule has 0 bridgehead atoms. The first-order chi connectivity index (χ1) is 8.56. The van der Waals surface area contributed by atoms with Crippen molar-refractivity contribution < 1.29 is 9.18 Å². The molecule has 0 atom stereocenters. The van der Waals surface area contributed by atoms with Crippen molar-refractivity contribution in [2.75, 3.05) is 18.4 Å². The van der Waals surface area contributed by atoms with E-state index in [1.165, 1.54) is 12.1 Å². The van der Waals surface area contributed by atoms with Gasteiger partial charge in [0.2, 0.25) is 0 Å². The van der Waals surface area contributed by atoms with Gasteiger partial charge in [-0.05, 0) is 31.0 Å². The minimum atomic E-state index is -0.452. The Morgan fingerprint density at radius 1 is 1.42 bits per heavy atom. The maximum atomic E-state index is 13.6. The average molecular weight is 353 g/mol. The van der Waals surface area contributed by atoms with E-state index >= 15 is 0 Å². The van der Waals surface area contributed by atoms with Gasteiger partial charge in [0.05, 0.1) is 5.69 Å². The number of nitrogens with zero attached hydrogens (tertiary/aromatic N) is 1. The van der Waals surface area contributed by atoms with Crippen molar-refractivity contribution >= 4 is 40.1 Å². The molecule has 3 N–H and O–H groups in total. The summed E-state index contributed by atoms with van der Waals surface area (Å²) in [5.74, 6) is -0.452. The topological polar surface area (TPSA) is 58.4 Å². The monoisotopic (exact) mass is 351 g/mol. The van der Waals surface area contributed by atoms with Crippen molar-refractivity contribution in [3.63, 3.8) is 0 Å². The molecule has 1 aliphatic heterocycles. The molecule has 2 amide bonds. The second-order valence-corrected chi connectivity index (χ2v) is 5.29. The normalized spacial score (nSPS) is 15.8. The first-order valence-corrected chi connectivity index (χ1v) is 6.62. The number of piperidine rings is 1. The molecule has 1 aromatic carbocycles. The van der Waals surface area contributed by atoms with Gasteiger partial charge in [0, 0.05) is 23.6 Å². The molecular weight excluding hydrogens is 337 g/mol. The molecule has 7 heteroatoms. The Balaban J connectivity index is 0.00000180. The Morgan fingerprint density at radius 2 is 2.05 bits per heavy atom. The lowest BCUT2D eigenvalue weighted by Crippen LogP contribution is -2.44. The maximum Gasteiger partial charge on any atom is 0.321 e. The summed E-state index contributed by atoms with van der Waals surface area (Å²) in [6.07, 6.45) is 1.58. The highest BCUT2D eigenvalue weighted by Gasteiger charge is 2.21. The van der Waals surface area contributed by atoms with Crippen molar-refractivity contribution in [2.45, 2.75) is 18.9 Å². The molecular formula is C12H16BrClFN3O. The first-order valence-electron chi connectivity index (χ1n) is 5.83. The molecule has 1 fully saturated rings. The molecule has 106 valence electrons. The molecule has 19 heavy (non-hydrogen) atoms. The Kier molecular flexibility index (Phi) is 6.03. The lowest BCUT2D eigenvalue weighted by molar-refractivity contribution is 0.195. The van der Waals surface area contributed by atoms with Crippen LogP contribution in [0.25, 0.3) is 0 Å². The number of carbonyl (C=O) groups is 1. The number of benzene rings is 1. The third kappa shape index (κ3) is 4.33. The van der Waals surface area contributed by atoms with Crippen molar-refractivity contribution in [3.8, 4) is 0 Å². The molecule has 2 rings (SSSR count). The van der Waals surface area contributed by atoms with Crippen LogP contribution in [0.1, 0.15) is 12.8 Å². The minimum Gasteiger partial charge on any atom is -0.328 e. The van der Waals surface area contributed by atoms with Crippen LogP contribution in [0.2, 0.25) is 0 Å². The van der Waals surface area contributed by atoms with E-state index in [4.69, 9.17) is 5.73 Å². The highest BCUT2D eigenvalue weighted by molar-refractivity contribution is 9.10. The summed E-state index contributed by atoms with van der Waals surface area (Å²) in [6, 6.07) is 4.43. The summed E-state index contributed by atoms with van der Waals surface area (Å²) in [5.41, 5.74) is 5.96. The number of anilines is 1. The summed E-state index contributed by atoms with van der Waals surface area (Å²) < 4.78 is 14.2. The van der Waals surface area contributed by atoms with Crippen LogP contribution in [-0.2, 0) is 0 Å². The summed E-state index contributed by atoms with van der Waals surface area (Å²) in [4.78, 5) is 13.6. The lowest BCUT2D eigenvalue weighted by atomic mass is 10.1. The molecule has 0 aliphatic carbocycles. The fraction of sp³-hybridized carbons (Fsp3) is 0.417. The largest absolute Gasteiger partial charge is 0.328 e. The number of nitrogens with two attached hydrogens (primary N) is 1. The standard InChI is InChI=1S/C12H15BrFN3O.ClH/c13-8-1-2-11(10(14)7-8)16-12(18)17-5-3-9(15)4-6-17;/h1-2,7,9H,3-6,15H2,(H,16,18);1H. The fourth-order valence-corrected chi connectivity index (χ4v) is 2.22. The van der Waals surface area contributed by atoms with Crippen molar-refractivity contribution in [1.29, 1.82) is 0 Å². The molecule has 1 aromatic rings. The number of nitrogens with one attached hydrogen (secondary N) is 1. The zero-order valence-electron chi connectivity index (χ0n) is 10.2. The molecule has 0 unspecified atom stereocenters. The number of urea groups is 1. The van der Waals surface area contributed by atoms with Crippen LogP contribution in [-0.4, -0.2) is 30.1 Å². The number of likely N-dealkylation sites (tertiary alicyclic amines) is 1. The van der Waals surface area contributed by atoms with Gasteiger partial charge in [-0.1, -0.05) is 15.9 Å². The quantitative estimate of drug-likeness (QED) is 0.816. The SMILES string of the molecule is Cl.NC1CCN(C(=O)Nc2ccc(Br)cc2F)CC1. The van der Waals surface area contributed by atoms with Crippen LogP contribution >= 0.6 is 28.3 Å². The summed E-state index contributed by atoms with van der Waals surface area (Å²) in [5, 5.41) is 2.57. The molecule has 0 spiro atoms. The molecule has 1 saturated heterocycles. The number of hydrogen-bond donors (Lipinski definition) is 2. The van der Waals surface area contributed by atoms with Gasteiger partial charge in [0.1, 0.15) is 5.82 Å². The predicted octanol–water partition coefficient (Wildman–Crippen LogP) is 2.97. The van der Waals surface area contributed by atoms with E-state index in [2.05, 4.69) is 21.2 Å². The second kappa shape index (κ2) is 7.07. The Bertz CT molecular complexity index is 453. The van der Waals surface area contributed by atoms with Crippen LogP contribution in [0.5, 0.6) is 0 Å². The number of hydrogen-bond acceptors (Lipinski definition) is 2. The number of rotatable bonds is 1. The zero-order valence-corrected chi connectivity index (χ0v) is 12.6. The predicted molar refractivity (Wildman–Crippen MR) is 79.1 cm³/mol. The van der Waals surface area contributed by atoms with E-state index in [0.29, 0.717) is 17.6 Å². The van der Waals surface area contributed by atoms with Crippen molar-refractivity contribution in [3.05, 3.63) is 28.5 Å². The number of carbonyl (C=O) groups excluding carboxylic acids is 1. The van der Waals surface area contributed by atoms with Gasteiger partial charge in [-0.25, -0.2) is 9.18 Å². The van der Waals surface area contributed by atoms with E-state index in [9.17, 15) is 9.18 Å². The third-order valence-electron chi connectivity index (χ3n) is 3.00. The summed E-state index contributed by atoms with van der Waals surface area (Å²) in [7, 11) is 0. The zero-order chi connectivity index (χ0) is 13.1. The molecule has 4 nitrogen and oxygen atoms in total. The minimum absolute atomic E-state index is 0. The smallest absolute Gasteiger partial charge is 0.321 e. The third-order valence-corrected chi connectivity index (χ3v) is 3.49. The maximum absolute atomic E-state index is 13.6. The van der Waals surface area contributed by atoms with Gasteiger partial charge < -0.3 is 16.0 Å². The van der Waals surface area contributed by atoms with Gasteiger partial charge in [-0.15, -0.1) is 12.4 Å². The lowest BCUT2D eigenvalue weighted by Gasteiger charge is -2.30. The van der Waals surface area contributed by atoms with Gasteiger partial charge >= 0.3 is 6.03 Å².